The van der Waals surface area contributed by atoms with Crippen molar-refractivity contribution in [3.05, 3.63) is 0 Å². The zero-order valence-electron chi connectivity index (χ0n) is 14.8. The Morgan fingerprint density at radius 1 is 0.654 bits per heavy atom. The molecule has 156 valence electrons. The lowest BCUT2D eigenvalue weighted by Crippen LogP contribution is -2.33. The smallest absolute Gasteiger partial charge is 0.322 e. The van der Waals surface area contributed by atoms with Crippen molar-refractivity contribution in [2.24, 2.45) is 28.7 Å². The molecule has 0 aliphatic rings. The quantitative estimate of drug-likeness (QED) is 0.162. The van der Waals surface area contributed by atoms with Crippen LogP contribution < -0.4 is 28.7 Å². The summed E-state index contributed by atoms with van der Waals surface area (Å²) in [6, 6.07) is -2.58. The van der Waals surface area contributed by atoms with Crippen molar-refractivity contribution in [1.29, 1.82) is 0 Å². The Kier molecular flexibility index (Phi) is 21.7. The molecule has 0 aromatic heterocycles. The van der Waals surface area contributed by atoms with Crippen LogP contribution in [0.2, 0.25) is 0 Å². The summed E-state index contributed by atoms with van der Waals surface area (Å²) >= 11 is 0. The van der Waals surface area contributed by atoms with E-state index in [0.717, 1.165) is 12.8 Å². The molecule has 0 heterocycles. The number of aliphatic hydroxyl groups excluding tert-OH is 1. The van der Waals surface area contributed by atoms with E-state index in [1.165, 1.54) is 0 Å². The molecule has 14 N–H and O–H groups in total. The number of hydrogen-bond acceptors (Lipinski definition) is 9. The van der Waals surface area contributed by atoms with Gasteiger partial charge >= 0.3 is 17.9 Å². The summed E-state index contributed by atoms with van der Waals surface area (Å²) in [7, 11) is 0. The number of rotatable bonds is 11. The van der Waals surface area contributed by atoms with Crippen LogP contribution in [0.25, 0.3) is 0 Å². The molecular weight excluding hydrogens is 350 g/mol. The number of carboxylic acid groups (broad SMARTS) is 3. The van der Waals surface area contributed by atoms with E-state index in [1.807, 2.05) is 0 Å². The van der Waals surface area contributed by atoms with Gasteiger partial charge in [0, 0.05) is 0 Å². The van der Waals surface area contributed by atoms with Gasteiger partial charge in [0.25, 0.3) is 0 Å². The summed E-state index contributed by atoms with van der Waals surface area (Å²) in [6.07, 6.45) is 3.30. The molecule has 0 radical (unpaired) electrons. The number of aliphatic carboxylic acids is 3. The summed E-state index contributed by atoms with van der Waals surface area (Å²) in [5, 5.41) is 32.5. The van der Waals surface area contributed by atoms with Crippen molar-refractivity contribution >= 4 is 17.9 Å². The van der Waals surface area contributed by atoms with Crippen molar-refractivity contribution in [3.8, 4) is 0 Å². The predicted octanol–water partition coefficient (Wildman–Crippen LogP) is -2.94. The molecule has 0 rings (SSSR count). The Balaban J connectivity index is -0.000000310. The first-order valence-corrected chi connectivity index (χ1v) is 8.01. The minimum absolute atomic E-state index is 0.464. The van der Waals surface area contributed by atoms with Gasteiger partial charge in [0.05, 0.1) is 6.61 Å². The van der Waals surface area contributed by atoms with Gasteiger partial charge in [-0.25, -0.2) is 0 Å². The molecule has 0 saturated heterocycles. The molecule has 0 amide bonds. The number of carbonyl (C=O) groups is 3. The second kappa shape index (κ2) is 19.5. The van der Waals surface area contributed by atoms with Gasteiger partial charge in [-0.2, -0.15) is 0 Å². The molecule has 26 heavy (non-hydrogen) atoms. The lowest BCUT2D eigenvalue weighted by molar-refractivity contribution is -0.140. The molecule has 0 bridgehead atoms. The largest absolute Gasteiger partial charge is 0.480 e. The Morgan fingerprint density at radius 3 is 1.23 bits per heavy atom. The Morgan fingerprint density at radius 2 is 1.00 bits per heavy atom. The van der Waals surface area contributed by atoms with E-state index in [-0.39, 0.29) is 0 Å². The van der Waals surface area contributed by atoms with Crippen LogP contribution in [0.4, 0.5) is 0 Å². The van der Waals surface area contributed by atoms with Crippen LogP contribution in [0.3, 0.4) is 0 Å². The van der Waals surface area contributed by atoms with Crippen LogP contribution in [0.15, 0.2) is 0 Å². The van der Waals surface area contributed by atoms with Gasteiger partial charge in [0.15, 0.2) is 0 Å². The molecule has 0 fully saturated rings. The van der Waals surface area contributed by atoms with Crippen molar-refractivity contribution in [1.82, 2.24) is 0 Å². The third-order valence-electron chi connectivity index (χ3n) is 2.84. The maximum atomic E-state index is 10.1. The van der Waals surface area contributed by atoms with Crippen molar-refractivity contribution in [3.63, 3.8) is 0 Å². The molecule has 0 aliphatic carbocycles. The van der Waals surface area contributed by atoms with Crippen LogP contribution in [0.1, 0.15) is 32.1 Å². The maximum absolute atomic E-state index is 10.1. The van der Waals surface area contributed by atoms with E-state index >= 15 is 0 Å². The van der Waals surface area contributed by atoms with Crippen LogP contribution in [-0.4, -0.2) is 76.2 Å². The lowest BCUT2D eigenvalue weighted by atomic mass is 10.1. The minimum Gasteiger partial charge on any atom is -0.480 e. The van der Waals surface area contributed by atoms with E-state index in [0.29, 0.717) is 32.4 Å². The standard InChI is InChI=1S/C6H14N2O2.C5H12N2O2.C3H7NO3/c7-4-2-1-3-5(8)6(9)10;6-3-1-2-4(7)5(8)9;4-2(1-5)3(6)7/h5H,1-4,7-8H2,(H,9,10);4H,1-3,6-7H2,(H,8,9);2,5H,1,4H2,(H,6,7)/t5-;4-;2-/m000/s1. The van der Waals surface area contributed by atoms with Gasteiger partial charge < -0.3 is 49.1 Å². The normalized spacial score (nSPS) is 13.2. The van der Waals surface area contributed by atoms with Gasteiger partial charge in [-0.3, -0.25) is 14.4 Å². The van der Waals surface area contributed by atoms with E-state index in [9.17, 15) is 14.4 Å². The highest BCUT2D eigenvalue weighted by molar-refractivity contribution is 5.73. The van der Waals surface area contributed by atoms with Gasteiger partial charge in [-0.1, -0.05) is 6.42 Å². The van der Waals surface area contributed by atoms with Crippen molar-refractivity contribution in [2.45, 2.75) is 50.2 Å². The first kappa shape index (κ1) is 29.0. The highest BCUT2D eigenvalue weighted by atomic mass is 16.4. The molecule has 0 aromatic rings. The molecule has 0 spiro atoms. The first-order chi connectivity index (χ1) is 12.0. The monoisotopic (exact) mass is 383 g/mol. The number of carboxylic acids is 3. The number of nitrogens with two attached hydrogens (primary N) is 5. The fourth-order valence-electron chi connectivity index (χ4n) is 1.17. The van der Waals surface area contributed by atoms with Gasteiger partial charge in [0.2, 0.25) is 0 Å². The summed E-state index contributed by atoms with van der Waals surface area (Å²) in [5.74, 6) is -3.07. The van der Waals surface area contributed by atoms with Gasteiger partial charge in [0.1, 0.15) is 18.1 Å². The highest BCUT2D eigenvalue weighted by Gasteiger charge is 2.09. The molecule has 12 heteroatoms. The SMILES string of the molecule is NCCCC[C@H](N)C(=O)O.NCCC[C@H](N)C(=O)O.N[C@@H](CO)C(=O)O. The van der Waals surface area contributed by atoms with E-state index in [1.54, 1.807) is 0 Å². The number of unbranched alkanes of at least 4 members (excludes halogenated alkanes) is 1. The van der Waals surface area contributed by atoms with Crippen LogP contribution in [0.5, 0.6) is 0 Å². The summed E-state index contributed by atoms with van der Waals surface area (Å²) in [4.78, 5) is 29.8. The second-order valence-electron chi connectivity index (χ2n) is 5.23. The van der Waals surface area contributed by atoms with Gasteiger partial charge in [-0.05, 0) is 38.8 Å². The lowest BCUT2D eigenvalue weighted by Gasteiger charge is -2.03. The third-order valence-corrected chi connectivity index (χ3v) is 2.84. The molecule has 0 saturated carbocycles. The Labute approximate surface area is 152 Å². The minimum atomic E-state index is -1.18. The average Bonchev–Trinajstić information content (AvgIpc) is 2.59. The maximum Gasteiger partial charge on any atom is 0.322 e. The summed E-state index contributed by atoms with van der Waals surface area (Å²) in [5.41, 5.74) is 25.5. The molecule has 12 nitrogen and oxygen atoms in total. The fourth-order valence-corrected chi connectivity index (χ4v) is 1.17. The van der Waals surface area contributed by atoms with E-state index < -0.39 is 42.6 Å². The topological polar surface area (TPSA) is 262 Å². The van der Waals surface area contributed by atoms with E-state index in [2.05, 4.69) is 0 Å². The Hall–Kier alpha value is -1.83. The van der Waals surface area contributed by atoms with E-state index in [4.69, 9.17) is 49.1 Å². The third kappa shape index (κ3) is 22.2. The van der Waals surface area contributed by atoms with Crippen LogP contribution in [-0.2, 0) is 14.4 Å². The zero-order valence-corrected chi connectivity index (χ0v) is 14.8. The summed E-state index contributed by atoms with van der Waals surface area (Å²) < 4.78 is 0. The molecular formula is C14H33N5O7. The van der Waals surface area contributed by atoms with Gasteiger partial charge in [-0.15, -0.1) is 0 Å². The fraction of sp³-hybridized carbons (Fsp3) is 0.786. The first-order valence-electron chi connectivity index (χ1n) is 8.01. The summed E-state index contributed by atoms with van der Waals surface area (Å²) in [6.45, 7) is 0.600. The molecule has 3 atom stereocenters. The number of hydrogen-bond donors (Lipinski definition) is 9. The predicted molar refractivity (Wildman–Crippen MR) is 95.1 cm³/mol. The van der Waals surface area contributed by atoms with Crippen LogP contribution in [0, 0.1) is 0 Å². The highest BCUT2D eigenvalue weighted by Crippen LogP contribution is 1.97. The average molecular weight is 383 g/mol. The van der Waals surface area contributed by atoms with Crippen molar-refractivity contribution in [2.75, 3.05) is 19.7 Å². The Bertz CT molecular complexity index is 385. The number of aliphatic hydroxyl groups is 1. The second-order valence-corrected chi connectivity index (χ2v) is 5.23. The molecule has 0 aliphatic heterocycles. The van der Waals surface area contributed by atoms with Crippen LogP contribution >= 0.6 is 0 Å². The molecule has 0 unspecified atom stereocenters. The molecule has 0 aromatic carbocycles. The van der Waals surface area contributed by atoms with Crippen molar-refractivity contribution < 1.29 is 34.8 Å². The zero-order chi connectivity index (χ0) is 21.1.